The molecular weight excluding hydrogens is 388 g/mol. The van der Waals surface area contributed by atoms with Gasteiger partial charge >= 0.3 is 0 Å². The molecule has 0 radical (unpaired) electrons. The van der Waals surface area contributed by atoms with Crippen LogP contribution in [0.4, 0.5) is 0 Å². The number of carbonyl (C=O) groups is 1. The van der Waals surface area contributed by atoms with Crippen molar-refractivity contribution >= 4 is 16.7 Å². The Hall–Kier alpha value is -3.31. The average molecular weight is 417 g/mol. The number of benzene rings is 3. The van der Waals surface area contributed by atoms with Crippen LogP contribution in [0.1, 0.15) is 15.9 Å². The quantitative estimate of drug-likeness (QED) is 0.537. The lowest BCUT2D eigenvalue weighted by molar-refractivity contribution is 0.0628. The molecule has 3 aromatic carbocycles. The fraction of sp³-hybridized carbons (Fsp3) is 0.269. The fourth-order valence-electron chi connectivity index (χ4n) is 4.03. The molecule has 0 aromatic heterocycles. The van der Waals surface area contributed by atoms with E-state index in [2.05, 4.69) is 53.9 Å². The Balaban J connectivity index is 1.39. The van der Waals surface area contributed by atoms with E-state index in [-0.39, 0.29) is 5.91 Å². The fourth-order valence-corrected chi connectivity index (χ4v) is 4.03. The van der Waals surface area contributed by atoms with Crippen molar-refractivity contribution in [2.75, 3.05) is 39.9 Å². The first-order valence-electron chi connectivity index (χ1n) is 10.6. The van der Waals surface area contributed by atoms with Gasteiger partial charge in [-0.1, -0.05) is 55.1 Å². The van der Waals surface area contributed by atoms with E-state index in [0.29, 0.717) is 36.8 Å². The summed E-state index contributed by atoms with van der Waals surface area (Å²) in [6.07, 6.45) is 1.68. The van der Waals surface area contributed by atoms with Gasteiger partial charge in [0, 0.05) is 38.3 Å². The molecule has 0 atom stereocenters. The van der Waals surface area contributed by atoms with Crippen molar-refractivity contribution in [3.8, 4) is 11.5 Å². The second-order valence-electron chi connectivity index (χ2n) is 7.67. The van der Waals surface area contributed by atoms with Crippen molar-refractivity contribution in [1.82, 2.24) is 9.80 Å². The van der Waals surface area contributed by atoms with Crippen molar-refractivity contribution in [3.05, 3.63) is 84.4 Å². The molecule has 0 saturated carbocycles. The molecule has 5 heteroatoms. The predicted octanol–water partition coefficient (Wildman–Crippen LogP) is 4.37. The first-order valence-corrected chi connectivity index (χ1v) is 10.6. The molecule has 31 heavy (non-hydrogen) atoms. The molecule has 160 valence electrons. The highest BCUT2D eigenvalue weighted by atomic mass is 16.5. The van der Waals surface area contributed by atoms with E-state index in [0.717, 1.165) is 19.6 Å². The molecule has 1 heterocycles. The van der Waals surface area contributed by atoms with E-state index in [9.17, 15) is 4.79 Å². The Kier molecular flexibility index (Phi) is 6.53. The zero-order chi connectivity index (χ0) is 21.6. The molecule has 1 fully saturated rings. The summed E-state index contributed by atoms with van der Waals surface area (Å²) in [5.41, 5.74) is 1.95. The van der Waals surface area contributed by atoms with Gasteiger partial charge < -0.3 is 14.4 Å². The molecule has 0 spiro atoms. The van der Waals surface area contributed by atoms with Gasteiger partial charge in [0.2, 0.25) is 0 Å². The SMILES string of the molecule is C=CCOc1ccc(C(=O)N2CCN(Cc3cccc4ccccc34)CC2)cc1OC. The minimum absolute atomic E-state index is 0.0263. The van der Waals surface area contributed by atoms with E-state index < -0.39 is 0 Å². The van der Waals surface area contributed by atoms with E-state index in [1.54, 1.807) is 31.4 Å². The minimum Gasteiger partial charge on any atom is -0.493 e. The van der Waals surface area contributed by atoms with Crippen LogP contribution in [0.25, 0.3) is 10.8 Å². The minimum atomic E-state index is 0.0263. The summed E-state index contributed by atoms with van der Waals surface area (Å²) in [5.74, 6) is 1.19. The van der Waals surface area contributed by atoms with Crippen LogP contribution in [0.2, 0.25) is 0 Å². The zero-order valence-corrected chi connectivity index (χ0v) is 17.9. The summed E-state index contributed by atoms with van der Waals surface area (Å²) in [4.78, 5) is 17.4. The number of ether oxygens (including phenoxy) is 2. The zero-order valence-electron chi connectivity index (χ0n) is 17.9. The lowest BCUT2D eigenvalue weighted by atomic mass is 10.0. The van der Waals surface area contributed by atoms with Crippen molar-refractivity contribution in [2.45, 2.75) is 6.54 Å². The van der Waals surface area contributed by atoms with Crippen molar-refractivity contribution in [3.63, 3.8) is 0 Å². The number of methoxy groups -OCH3 is 1. The van der Waals surface area contributed by atoms with Gasteiger partial charge in [-0.05, 0) is 34.5 Å². The summed E-state index contributed by atoms with van der Waals surface area (Å²) in [6, 6.07) is 20.3. The maximum Gasteiger partial charge on any atom is 0.254 e. The molecule has 0 bridgehead atoms. The van der Waals surface area contributed by atoms with Crippen LogP contribution in [0, 0.1) is 0 Å². The van der Waals surface area contributed by atoms with E-state index in [1.165, 1.54) is 16.3 Å². The number of hydrogen-bond donors (Lipinski definition) is 0. The Morgan fingerprint density at radius 2 is 1.77 bits per heavy atom. The summed E-state index contributed by atoms with van der Waals surface area (Å²) in [5, 5.41) is 2.57. The van der Waals surface area contributed by atoms with Crippen molar-refractivity contribution in [2.24, 2.45) is 0 Å². The Labute approximate surface area is 183 Å². The highest BCUT2D eigenvalue weighted by Gasteiger charge is 2.23. The van der Waals surface area contributed by atoms with Gasteiger partial charge in [-0.3, -0.25) is 9.69 Å². The second kappa shape index (κ2) is 9.67. The largest absolute Gasteiger partial charge is 0.493 e. The van der Waals surface area contributed by atoms with E-state index in [1.807, 2.05) is 4.90 Å². The van der Waals surface area contributed by atoms with Crippen LogP contribution in [-0.2, 0) is 6.54 Å². The first-order chi connectivity index (χ1) is 15.2. The molecule has 0 unspecified atom stereocenters. The third-order valence-corrected chi connectivity index (χ3v) is 5.70. The summed E-state index contributed by atoms with van der Waals surface area (Å²) < 4.78 is 11.0. The van der Waals surface area contributed by atoms with Crippen molar-refractivity contribution < 1.29 is 14.3 Å². The Morgan fingerprint density at radius 1 is 1.00 bits per heavy atom. The topological polar surface area (TPSA) is 42.0 Å². The Bertz CT molecular complexity index is 1070. The summed E-state index contributed by atoms with van der Waals surface area (Å²) in [7, 11) is 1.58. The van der Waals surface area contributed by atoms with Crippen LogP contribution >= 0.6 is 0 Å². The second-order valence-corrected chi connectivity index (χ2v) is 7.67. The normalized spacial score (nSPS) is 14.4. The molecular formula is C26H28N2O3. The van der Waals surface area contributed by atoms with Crippen LogP contribution < -0.4 is 9.47 Å². The first kappa shape index (κ1) is 20.9. The number of amides is 1. The number of nitrogens with zero attached hydrogens (tertiary/aromatic N) is 2. The van der Waals surface area contributed by atoms with E-state index >= 15 is 0 Å². The maximum atomic E-state index is 13.0. The number of carbonyl (C=O) groups excluding carboxylic acids is 1. The molecule has 4 rings (SSSR count). The van der Waals surface area contributed by atoms with Crippen LogP contribution in [-0.4, -0.2) is 55.6 Å². The van der Waals surface area contributed by atoms with Gasteiger partial charge in [0.15, 0.2) is 11.5 Å². The standard InChI is InChI=1S/C26H28N2O3/c1-3-17-31-24-12-11-21(18-25(24)30-2)26(29)28-15-13-27(14-16-28)19-22-9-6-8-20-7-4-5-10-23(20)22/h3-12,18H,1,13-17,19H2,2H3. The molecule has 1 amide bonds. The number of fused-ring (bicyclic) bond motifs is 1. The Morgan fingerprint density at radius 3 is 2.55 bits per heavy atom. The predicted molar refractivity (Wildman–Crippen MR) is 124 cm³/mol. The van der Waals surface area contributed by atoms with Crippen LogP contribution in [0.5, 0.6) is 11.5 Å². The third-order valence-electron chi connectivity index (χ3n) is 5.70. The monoisotopic (exact) mass is 416 g/mol. The molecule has 1 aliphatic heterocycles. The van der Waals surface area contributed by atoms with Gasteiger partial charge in [0.1, 0.15) is 6.61 Å². The number of hydrogen-bond acceptors (Lipinski definition) is 4. The highest BCUT2D eigenvalue weighted by Crippen LogP contribution is 2.29. The number of rotatable bonds is 7. The summed E-state index contributed by atoms with van der Waals surface area (Å²) >= 11 is 0. The summed E-state index contributed by atoms with van der Waals surface area (Å²) in [6.45, 7) is 8.07. The third kappa shape index (κ3) is 4.72. The average Bonchev–Trinajstić information content (AvgIpc) is 2.83. The molecule has 0 N–H and O–H groups in total. The smallest absolute Gasteiger partial charge is 0.254 e. The number of piperazine rings is 1. The molecule has 1 aliphatic rings. The van der Waals surface area contributed by atoms with Gasteiger partial charge in [-0.2, -0.15) is 0 Å². The lowest BCUT2D eigenvalue weighted by Crippen LogP contribution is -2.48. The van der Waals surface area contributed by atoms with Crippen molar-refractivity contribution in [1.29, 1.82) is 0 Å². The molecule has 0 aliphatic carbocycles. The van der Waals surface area contributed by atoms with Crippen LogP contribution in [0.3, 0.4) is 0 Å². The van der Waals surface area contributed by atoms with Gasteiger partial charge in [0.05, 0.1) is 7.11 Å². The lowest BCUT2D eigenvalue weighted by Gasteiger charge is -2.35. The molecule has 5 nitrogen and oxygen atoms in total. The van der Waals surface area contributed by atoms with Crippen LogP contribution in [0.15, 0.2) is 73.3 Å². The van der Waals surface area contributed by atoms with E-state index in [4.69, 9.17) is 9.47 Å². The molecule has 1 saturated heterocycles. The maximum absolute atomic E-state index is 13.0. The molecule has 3 aromatic rings. The van der Waals surface area contributed by atoms with Gasteiger partial charge in [-0.15, -0.1) is 0 Å². The highest BCUT2D eigenvalue weighted by molar-refractivity contribution is 5.95. The van der Waals surface area contributed by atoms with Gasteiger partial charge in [-0.25, -0.2) is 0 Å². The van der Waals surface area contributed by atoms with Gasteiger partial charge in [0.25, 0.3) is 5.91 Å².